The molecule has 0 spiro atoms. The number of hydrogen-bond acceptors (Lipinski definition) is 25. The van der Waals surface area contributed by atoms with Gasteiger partial charge in [-0.15, -0.1) is 0 Å². The molecule has 25 nitrogen and oxygen atoms in total. The van der Waals surface area contributed by atoms with Gasteiger partial charge >= 0.3 is 59.7 Å². The molecule has 2 N–H and O–H groups in total. The molecule has 13 aliphatic rings. The zero-order valence-corrected chi connectivity index (χ0v) is 90.8. The summed E-state index contributed by atoms with van der Waals surface area (Å²) in [6.07, 6.45) is 14.0. The number of hydrogen-bond donors (Lipinski definition) is 2. The number of aromatic hydroxyl groups is 2. The lowest BCUT2D eigenvalue weighted by Gasteiger charge is -2.60. The van der Waals surface area contributed by atoms with Crippen LogP contribution in [-0.4, -0.2) is 149 Å². The van der Waals surface area contributed by atoms with E-state index in [4.69, 9.17) is 71.8 Å². The molecular formula is C113H180O25. The monoisotopic (exact) mass is 1940 g/mol. The van der Waals surface area contributed by atoms with E-state index >= 15 is 0 Å². The number of fused-ring (bicyclic) bond motifs is 3. The number of carbonyl (C=O) groups is 10. The van der Waals surface area contributed by atoms with Gasteiger partial charge in [0.05, 0.1) is 62.6 Å². The normalized spacial score (nSPS) is 29.6. The summed E-state index contributed by atoms with van der Waals surface area (Å²) >= 11 is 0. The first-order valence-electron chi connectivity index (χ1n) is 52.4. The lowest BCUT2D eigenvalue weighted by atomic mass is 9.48. The van der Waals surface area contributed by atoms with Gasteiger partial charge in [-0.3, -0.25) is 47.9 Å². The van der Waals surface area contributed by atoms with Crippen molar-refractivity contribution in [3.63, 3.8) is 0 Å². The molecule has 25 heteroatoms. The summed E-state index contributed by atoms with van der Waals surface area (Å²) in [5, 5.41) is 18.0. The Kier molecular flexibility index (Phi) is 38.7. The Balaban J connectivity index is 0.000000204. The van der Waals surface area contributed by atoms with Crippen molar-refractivity contribution in [3.05, 3.63) is 59.7 Å². The van der Waals surface area contributed by atoms with Crippen molar-refractivity contribution in [1.82, 2.24) is 0 Å². The number of ether oxygens (including phenoxy) is 13. The lowest BCUT2D eigenvalue weighted by molar-refractivity contribution is -0.234. The van der Waals surface area contributed by atoms with Gasteiger partial charge in [0.2, 0.25) is 18.9 Å². The van der Waals surface area contributed by atoms with Crippen molar-refractivity contribution in [2.75, 3.05) is 0 Å². The SMILES string of the molecule is CCC(C)(C)C(=O)OC(CC(C)(C)C)OC(C)C.CCC(C)(C)C(=O)OC12CC3CC(C1)CC(C(=O)OC(CC(C)(C)C)OC(C)C)(C3)C2.CCC(C)(C)C(=O)OC1C2CC3C(=O)OC1C3C2.CCC(C)(C)C(=O)OC1C2CC3C(=O)OC1C3C2.CCC(C)(C)C(=O)OC1C2CC3C1OC(=O)C3(C(=O)OC(CC(C)(C)C)OC(C)C)C2.CCC(C)c1ccc(O)cc1.CCC(C)c1ccc(O)cc1. The Bertz CT molecular complexity index is 4270. The quantitative estimate of drug-likeness (QED) is 0.0297. The number of phenolic OH excluding ortho intramolecular Hbond substituents is 2. The second kappa shape index (κ2) is 46.1. The summed E-state index contributed by atoms with van der Waals surface area (Å²) in [5.41, 5.74) is -2.29. The van der Waals surface area contributed by atoms with Crippen LogP contribution < -0.4 is 0 Å². The van der Waals surface area contributed by atoms with E-state index < -0.39 is 86.5 Å². The molecule has 0 aromatic heterocycles. The topological polar surface area (TPSA) is 331 Å². The molecule has 0 amide bonds. The van der Waals surface area contributed by atoms with Crippen molar-refractivity contribution >= 4 is 59.7 Å². The highest BCUT2D eigenvalue weighted by molar-refractivity contribution is 6.03. The number of rotatable bonds is 32. The van der Waals surface area contributed by atoms with Gasteiger partial charge < -0.3 is 71.8 Å². The zero-order chi connectivity index (χ0) is 104. The highest BCUT2D eigenvalue weighted by Crippen LogP contribution is 2.66. The Morgan fingerprint density at radius 2 is 0.717 bits per heavy atom. The third-order valence-electron chi connectivity index (χ3n) is 31.9. The summed E-state index contributed by atoms with van der Waals surface area (Å²) in [5.74, 6) is 1.36. The van der Waals surface area contributed by atoms with Gasteiger partial charge in [-0.2, -0.15) is 0 Å². The third kappa shape index (κ3) is 29.0. The Morgan fingerprint density at radius 3 is 1.06 bits per heavy atom. The van der Waals surface area contributed by atoms with Crippen LogP contribution in [0.1, 0.15) is 400 Å². The first-order chi connectivity index (χ1) is 63.7. The molecule has 3 heterocycles. The standard InChI is InChI=1S/C26H44O5.C24H38O7.C15H30O3.2C14H20O4.2C10H14O/c1-9-24(7,8)21(27)31-26-13-18-10-19(14-26)12-25(11-18,16-26)22(28)30-20(29-17(2)3)15-23(4,5)6;1-9-23(7,8)19(25)30-17-14-10-15-18(17)31-21(27)24(15,11-14)20(26)29-16(28-13(2)3)12-22(4,5)6;1-9-15(7,8)13(16)18-12(17-11(2)3)10-14(4,5)6;2*1-4-14(2,3)13(16)18-10-7-5-8-9(6-7)12(15)17-11(8)10;2*1-3-8(2)9-4-6-10(11)7-5-9/h17-20H,9-16H2,1-8H3;13-18H,9-12H2,1-8H3;11-12H,9-10H2,1-8H3;2*7-11H,4-6H2,1-3H3;2*4-8,11H,3H2,1-2H3. The fourth-order valence-electron chi connectivity index (χ4n) is 21.6. The molecule has 15 rings (SSSR count). The first kappa shape index (κ1) is 116. The molecule has 3 saturated heterocycles. The maximum Gasteiger partial charge on any atom is 0.326 e. The maximum absolute atomic E-state index is 13.6. The van der Waals surface area contributed by atoms with E-state index in [2.05, 4.69) is 69.2 Å². The molecule has 13 fully saturated rings. The van der Waals surface area contributed by atoms with Crippen molar-refractivity contribution < 1.29 is 120 Å². The lowest BCUT2D eigenvalue weighted by Crippen LogP contribution is -2.60. The predicted octanol–water partition coefficient (Wildman–Crippen LogP) is 23.8. The molecule has 22 atom stereocenters. The highest BCUT2D eigenvalue weighted by Gasteiger charge is 2.76. The second-order valence-electron chi connectivity index (χ2n) is 50.2. The van der Waals surface area contributed by atoms with E-state index in [1.165, 1.54) is 11.1 Å². The van der Waals surface area contributed by atoms with Crippen molar-refractivity contribution in [1.29, 1.82) is 0 Å². The molecule has 782 valence electrons. The molecule has 0 radical (unpaired) electrons. The summed E-state index contributed by atoms with van der Waals surface area (Å²) in [4.78, 5) is 125. The van der Waals surface area contributed by atoms with Crippen LogP contribution in [0.3, 0.4) is 0 Å². The van der Waals surface area contributed by atoms with Crippen LogP contribution in [0.15, 0.2) is 48.5 Å². The number of carbonyl (C=O) groups excluding carboxylic acids is 10. The summed E-state index contributed by atoms with van der Waals surface area (Å²) < 4.78 is 74.7. The van der Waals surface area contributed by atoms with E-state index in [-0.39, 0.29) is 130 Å². The van der Waals surface area contributed by atoms with Gasteiger partial charge in [0.15, 0.2) is 5.41 Å². The molecule has 2 aromatic carbocycles. The minimum atomic E-state index is -1.31. The smallest absolute Gasteiger partial charge is 0.326 e. The van der Waals surface area contributed by atoms with Crippen molar-refractivity contribution in [2.45, 2.75) is 468 Å². The predicted molar refractivity (Wildman–Crippen MR) is 528 cm³/mol. The molecule has 10 bridgehead atoms. The van der Waals surface area contributed by atoms with Crippen molar-refractivity contribution in [2.24, 2.45) is 113 Å². The number of phenols is 2. The minimum Gasteiger partial charge on any atom is -0.508 e. The van der Waals surface area contributed by atoms with Gasteiger partial charge in [-0.25, -0.2) is 0 Å². The molecule has 10 saturated carbocycles. The zero-order valence-electron chi connectivity index (χ0n) is 90.8. The molecule has 138 heavy (non-hydrogen) atoms. The van der Waals surface area contributed by atoms with E-state index in [1.807, 2.05) is 190 Å². The van der Waals surface area contributed by atoms with Gasteiger partial charge in [0.25, 0.3) is 0 Å². The highest BCUT2D eigenvalue weighted by atomic mass is 16.7. The molecule has 2 aromatic rings. The largest absolute Gasteiger partial charge is 0.508 e. The Hall–Kier alpha value is -7.38. The van der Waals surface area contributed by atoms with Gasteiger partial charge in [-0.05, 0) is 302 Å². The third-order valence-corrected chi connectivity index (χ3v) is 31.9. The van der Waals surface area contributed by atoms with E-state index in [9.17, 15) is 47.9 Å². The first-order valence-corrected chi connectivity index (χ1v) is 52.4. The average molecular weight is 1940 g/mol. The summed E-state index contributed by atoms with van der Waals surface area (Å²) in [6.45, 7) is 68.0. The summed E-state index contributed by atoms with van der Waals surface area (Å²) in [7, 11) is 0. The number of esters is 10. The van der Waals surface area contributed by atoms with E-state index in [0.717, 1.165) is 96.3 Å². The fourth-order valence-corrected chi connectivity index (χ4v) is 21.6. The molecular weight excluding hydrogens is 1760 g/mol. The average Bonchev–Trinajstić information content (AvgIpc) is 1.53. The summed E-state index contributed by atoms with van der Waals surface area (Å²) in [6, 6.07) is 14.9. The Labute approximate surface area is 827 Å². The van der Waals surface area contributed by atoms with Crippen LogP contribution in [0, 0.1) is 113 Å². The Morgan fingerprint density at radius 1 is 0.384 bits per heavy atom. The molecule has 10 aliphatic carbocycles. The van der Waals surface area contributed by atoms with E-state index in [1.54, 1.807) is 24.3 Å². The van der Waals surface area contributed by atoms with Crippen LogP contribution in [0.5, 0.6) is 11.5 Å². The number of benzene rings is 2. The maximum atomic E-state index is 13.6. The van der Waals surface area contributed by atoms with Crippen LogP contribution in [0.4, 0.5) is 0 Å². The van der Waals surface area contributed by atoms with Crippen LogP contribution in [0.25, 0.3) is 0 Å². The minimum absolute atomic E-state index is 0.0101. The molecule has 3 aliphatic heterocycles. The van der Waals surface area contributed by atoms with Gasteiger partial charge in [-0.1, -0.05) is 149 Å². The van der Waals surface area contributed by atoms with Crippen LogP contribution >= 0.6 is 0 Å². The second-order valence-corrected chi connectivity index (χ2v) is 50.2. The molecule has 22 unspecified atom stereocenters. The van der Waals surface area contributed by atoms with E-state index in [0.29, 0.717) is 104 Å². The van der Waals surface area contributed by atoms with Crippen LogP contribution in [-0.2, 0) is 110 Å². The van der Waals surface area contributed by atoms with Crippen LogP contribution in [0.2, 0.25) is 0 Å². The van der Waals surface area contributed by atoms with Crippen molar-refractivity contribution in [3.8, 4) is 11.5 Å². The van der Waals surface area contributed by atoms with Gasteiger partial charge in [0.1, 0.15) is 53.7 Å². The fraction of sp³-hybridized carbons (Fsp3) is 0.805. The van der Waals surface area contributed by atoms with Gasteiger partial charge in [0, 0.05) is 61.2 Å².